The molecule has 98 valence electrons. The van der Waals surface area contributed by atoms with Crippen molar-refractivity contribution in [2.24, 2.45) is 0 Å². The summed E-state index contributed by atoms with van der Waals surface area (Å²) in [6, 6.07) is 13.0. The van der Waals surface area contributed by atoms with E-state index in [0.29, 0.717) is 6.42 Å². The van der Waals surface area contributed by atoms with Crippen LogP contribution in [0.5, 0.6) is 0 Å². The highest BCUT2D eigenvalue weighted by atomic mass is 79.9. The van der Waals surface area contributed by atoms with Crippen molar-refractivity contribution in [1.29, 1.82) is 0 Å². The molecule has 3 nitrogen and oxygen atoms in total. The molecular weight excluding hydrogens is 306 g/mol. The Morgan fingerprint density at radius 1 is 1.26 bits per heavy atom. The standard InChI is InChI=1S/C15H14BrNO2/c1-10-3-2-4-13(17-10)9-14(15(18)19)11-5-7-12(16)8-6-11/h2-8,14H,9H2,1H3,(H,18,19). The number of nitrogens with zero attached hydrogens (tertiary/aromatic N) is 1. The fourth-order valence-corrected chi connectivity index (χ4v) is 2.23. The number of halogens is 1. The maximum absolute atomic E-state index is 11.4. The minimum absolute atomic E-state index is 0.401. The van der Waals surface area contributed by atoms with Crippen LogP contribution in [0.2, 0.25) is 0 Å². The Kier molecular flexibility index (Phi) is 4.32. The number of rotatable bonds is 4. The van der Waals surface area contributed by atoms with Gasteiger partial charge in [-0.25, -0.2) is 0 Å². The maximum atomic E-state index is 11.4. The molecule has 0 radical (unpaired) electrons. The number of aliphatic carboxylic acids is 1. The SMILES string of the molecule is Cc1cccc(CC(C(=O)O)c2ccc(Br)cc2)n1. The van der Waals surface area contributed by atoms with E-state index in [1.807, 2.05) is 49.4 Å². The number of pyridine rings is 1. The second kappa shape index (κ2) is 5.97. The predicted octanol–water partition coefficient (Wildman–Crippen LogP) is 3.56. The van der Waals surface area contributed by atoms with Crippen molar-refractivity contribution in [3.8, 4) is 0 Å². The molecule has 0 amide bonds. The highest BCUT2D eigenvalue weighted by molar-refractivity contribution is 9.10. The van der Waals surface area contributed by atoms with Crippen LogP contribution in [0.1, 0.15) is 22.9 Å². The van der Waals surface area contributed by atoms with Gasteiger partial charge in [0.1, 0.15) is 0 Å². The summed E-state index contributed by atoms with van der Waals surface area (Å²) < 4.78 is 0.939. The van der Waals surface area contributed by atoms with E-state index in [1.165, 1.54) is 0 Å². The number of aromatic nitrogens is 1. The number of hydrogen-bond donors (Lipinski definition) is 1. The number of carboxylic acids is 1. The first-order valence-electron chi connectivity index (χ1n) is 5.97. The molecule has 1 atom stereocenters. The summed E-state index contributed by atoms with van der Waals surface area (Å²) in [5, 5.41) is 9.39. The van der Waals surface area contributed by atoms with E-state index >= 15 is 0 Å². The molecule has 1 aromatic heterocycles. The Balaban J connectivity index is 2.26. The van der Waals surface area contributed by atoms with Crippen LogP contribution in [-0.2, 0) is 11.2 Å². The van der Waals surface area contributed by atoms with Crippen LogP contribution >= 0.6 is 15.9 Å². The molecule has 0 fully saturated rings. The summed E-state index contributed by atoms with van der Waals surface area (Å²) in [5.74, 6) is -1.40. The average molecular weight is 320 g/mol. The highest BCUT2D eigenvalue weighted by Crippen LogP contribution is 2.22. The van der Waals surface area contributed by atoms with Gasteiger partial charge in [-0.15, -0.1) is 0 Å². The minimum Gasteiger partial charge on any atom is -0.481 e. The second-order valence-corrected chi connectivity index (χ2v) is 5.33. The number of carbonyl (C=O) groups is 1. The molecule has 4 heteroatoms. The molecule has 0 aliphatic rings. The van der Waals surface area contributed by atoms with Gasteiger partial charge in [-0.1, -0.05) is 34.1 Å². The van der Waals surface area contributed by atoms with Gasteiger partial charge >= 0.3 is 5.97 Å². The zero-order valence-electron chi connectivity index (χ0n) is 10.5. The Hall–Kier alpha value is -1.68. The Morgan fingerprint density at radius 3 is 2.53 bits per heavy atom. The van der Waals surface area contributed by atoms with Gasteiger partial charge in [-0.3, -0.25) is 9.78 Å². The third-order valence-corrected chi connectivity index (χ3v) is 3.46. The van der Waals surface area contributed by atoms with Crippen molar-refractivity contribution in [2.75, 3.05) is 0 Å². The first kappa shape index (κ1) is 13.7. The summed E-state index contributed by atoms with van der Waals surface area (Å²) in [7, 11) is 0. The zero-order valence-corrected chi connectivity index (χ0v) is 12.1. The van der Waals surface area contributed by atoms with E-state index in [-0.39, 0.29) is 0 Å². The molecule has 1 N–H and O–H groups in total. The first-order valence-corrected chi connectivity index (χ1v) is 6.76. The van der Waals surface area contributed by atoms with E-state index in [0.717, 1.165) is 21.4 Å². The molecule has 1 heterocycles. The highest BCUT2D eigenvalue weighted by Gasteiger charge is 2.20. The second-order valence-electron chi connectivity index (χ2n) is 4.42. The van der Waals surface area contributed by atoms with E-state index in [2.05, 4.69) is 20.9 Å². The van der Waals surface area contributed by atoms with Crippen molar-refractivity contribution < 1.29 is 9.90 Å². The van der Waals surface area contributed by atoms with Crippen molar-refractivity contribution in [3.63, 3.8) is 0 Å². The summed E-state index contributed by atoms with van der Waals surface area (Å²) in [5.41, 5.74) is 2.49. The van der Waals surface area contributed by atoms with Gasteiger partial charge < -0.3 is 5.11 Å². The van der Waals surface area contributed by atoms with Gasteiger partial charge in [-0.2, -0.15) is 0 Å². The lowest BCUT2D eigenvalue weighted by Gasteiger charge is -2.12. The Morgan fingerprint density at radius 2 is 1.95 bits per heavy atom. The molecule has 1 unspecified atom stereocenters. The van der Waals surface area contributed by atoms with Gasteiger partial charge in [0.2, 0.25) is 0 Å². The van der Waals surface area contributed by atoms with E-state index in [4.69, 9.17) is 0 Å². The molecule has 0 spiro atoms. The van der Waals surface area contributed by atoms with Crippen LogP contribution in [0.25, 0.3) is 0 Å². The smallest absolute Gasteiger partial charge is 0.311 e. The molecule has 0 saturated carbocycles. The molecule has 19 heavy (non-hydrogen) atoms. The van der Waals surface area contributed by atoms with Gasteiger partial charge in [0.25, 0.3) is 0 Å². The largest absolute Gasteiger partial charge is 0.481 e. The lowest BCUT2D eigenvalue weighted by Crippen LogP contribution is -2.15. The summed E-state index contributed by atoms with van der Waals surface area (Å²) >= 11 is 3.35. The van der Waals surface area contributed by atoms with E-state index < -0.39 is 11.9 Å². The molecule has 0 aliphatic carbocycles. The summed E-state index contributed by atoms with van der Waals surface area (Å²) in [4.78, 5) is 15.8. The van der Waals surface area contributed by atoms with Gasteiger partial charge in [0.15, 0.2) is 0 Å². The number of carboxylic acid groups (broad SMARTS) is 1. The van der Waals surface area contributed by atoms with E-state index in [9.17, 15) is 9.90 Å². The molecular formula is C15H14BrNO2. The lowest BCUT2D eigenvalue weighted by molar-refractivity contribution is -0.138. The average Bonchev–Trinajstić information content (AvgIpc) is 2.37. The van der Waals surface area contributed by atoms with Gasteiger partial charge in [0, 0.05) is 22.3 Å². The van der Waals surface area contributed by atoms with E-state index in [1.54, 1.807) is 0 Å². The third kappa shape index (κ3) is 3.64. The number of benzene rings is 1. The zero-order chi connectivity index (χ0) is 13.8. The maximum Gasteiger partial charge on any atom is 0.311 e. The number of aryl methyl sites for hydroxylation is 1. The summed E-state index contributed by atoms with van der Waals surface area (Å²) in [6.07, 6.45) is 0.401. The monoisotopic (exact) mass is 319 g/mol. The predicted molar refractivity (Wildman–Crippen MR) is 77.2 cm³/mol. The van der Waals surface area contributed by atoms with Crippen molar-refractivity contribution in [2.45, 2.75) is 19.3 Å². The normalized spacial score (nSPS) is 12.1. The Labute approximate surface area is 120 Å². The first-order chi connectivity index (χ1) is 9.06. The quantitative estimate of drug-likeness (QED) is 0.937. The van der Waals surface area contributed by atoms with Crippen LogP contribution in [0.4, 0.5) is 0 Å². The lowest BCUT2D eigenvalue weighted by atomic mass is 9.94. The van der Waals surface area contributed by atoms with Crippen molar-refractivity contribution in [3.05, 3.63) is 63.9 Å². The third-order valence-electron chi connectivity index (χ3n) is 2.93. The summed E-state index contributed by atoms with van der Waals surface area (Å²) in [6.45, 7) is 1.90. The number of hydrogen-bond acceptors (Lipinski definition) is 2. The topological polar surface area (TPSA) is 50.2 Å². The van der Waals surface area contributed by atoms with Crippen molar-refractivity contribution in [1.82, 2.24) is 4.98 Å². The van der Waals surface area contributed by atoms with Crippen LogP contribution in [-0.4, -0.2) is 16.1 Å². The van der Waals surface area contributed by atoms with Gasteiger partial charge in [-0.05, 0) is 36.8 Å². The fourth-order valence-electron chi connectivity index (χ4n) is 1.97. The van der Waals surface area contributed by atoms with Crippen LogP contribution in [0, 0.1) is 6.92 Å². The molecule has 2 aromatic rings. The molecule has 0 bridgehead atoms. The van der Waals surface area contributed by atoms with Crippen LogP contribution in [0.15, 0.2) is 46.9 Å². The van der Waals surface area contributed by atoms with Crippen molar-refractivity contribution >= 4 is 21.9 Å². The van der Waals surface area contributed by atoms with Gasteiger partial charge in [0.05, 0.1) is 5.92 Å². The van der Waals surface area contributed by atoms with Crippen LogP contribution < -0.4 is 0 Å². The molecule has 2 rings (SSSR count). The molecule has 0 saturated heterocycles. The molecule has 0 aliphatic heterocycles. The Bertz CT molecular complexity index is 581. The fraction of sp³-hybridized carbons (Fsp3) is 0.200. The minimum atomic E-state index is -0.828. The van der Waals surface area contributed by atoms with Crippen LogP contribution in [0.3, 0.4) is 0 Å². The molecule has 1 aromatic carbocycles.